The number of hydrogen-bond donors (Lipinski definition) is 1. The maximum absolute atomic E-state index is 10.9. The summed E-state index contributed by atoms with van der Waals surface area (Å²) in [5, 5.41) is 8.99. The van der Waals surface area contributed by atoms with Crippen LogP contribution >= 0.6 is 0 Å². The first-order valence-corrected chi connectivity index (χ1v) is 7.70. The third kappa shape index (κ3) is 3.34. The van der Waals surface area contributed by atoms with Crippen molar-refractivity contribution in [2.24, 2.45) is 0 Å². The fourth-order valence-electron chi connectivity index (χ4n) is 2.82. The molecule has 0 atom stereocenters. The molecule has 23 heavy (non-hydrogen) atoms. The van der Waals surface area contributed by atoms with Gasteiger partial charge in [0.25, 0.3) is 0 Å². The Morgan fingerprint density at radius 3 is 2.48 bits per heavy atom. The Labute approximate surface area is 135 Å². The van der Waals surface area contributed by atoms with Gasteiger partial charge in [-0.15, -0.1) is 0 Å². The molecule has 0 aliphatic rings. The van der Waals surface area contributed by atoms with Crippen molar-refractivity contribution in [3.63, 3.8) is 0 Å². The molecule has 0 aliphatic carbocycles. The molecule has 0 fully saturated rings. The van der Waals surface area contributed by atoms with Crippen molar-refractivity contribution >= 4 is 5.97 Å². The van der Waals surface area contributed by atoms with Crippen LogP contribution < -0.4 is 0 Å². The molecule has 3 heteroatoms. The number of aliphatic carboxylic acids is 1. The highest BCUT2D eigenvalue weighted by Crippen LogP contribution is 2.27. The molecule has 3 nitrogen and oxygen atoms in total. The first kappa shape index (κ1) is 15.1. The van der Waals surface area contributed by atoms with Crippen LogP contribution in [0.2, 0.25) is 0 Å². The summed E-state index contributed by atoms with van der Waals surface area (Å²) >= 11 is 0. The van der Waals surface area contributed by atoms with Crippen molar-refractivity contribution in [2.45, 2.75) is 19.8 Å². The van der Waals surface area contributed by atoms with Gasteiger partial charge in [0, 0.05) is 11.4 Å². The number of hydrogen-bond acceptors (Lipinski definition) is 1. The number of nitrogens with zero attached hydrogens (tertiary/aromatic N) is 1. The van der Waals surface area contributed by atoms with Gasteiger partial charge in [-0.25, -0.2) is 0 Å². The van der Waals surface area contributed by atoms with Gasteiger partial charge in [0.05, 0.1) is 12.1 Å². The van der Waals surface area contributed by atoms with E-state index in [4.69, 9.17) is 5.11 Å². The Morgan fingerprint density at radius 2 is 1.78 bits per heavy atom. The summed E-state index contributed by atoms with van der Waals surface area (Å²) in [6.07, 6.45) is 0.639. The molecular weight excluding hydrogens is 286 g/mol. The SMILES string of the molecule is Cc1cccc(-n2c(CCC(=O)O)ccc2-c2ccccc2)c1. The summed E-state index contributed by atoms with van der Waals surface area (Å²) in [4.78, 5) is 10.9. The van der Waals surface area contributed by atoms with E-state index < -0.39 is 5.97 Å². The molecule has 116 valence electrons. The Bertz CT molecular complexity index is 819. The molecule has 3 rings (SSSR count). The van der Waals surface area contributed by atoms with E-state index in [1.54, 1.807) is 0 Å². The van der Waals surface area contributed by atoms with Crippen molar-refractivity contribution in [1.82, 2.24) is 4.57 Å². The van der Waals surface area contributed by atoms with Crippen molar-refractivity contribution in [3.8, 4) is 16.9 Å². The minimum Gasteiger partial charge on any atom is -0.481 e. The van der Waals surface area contributed by atoms with Gasteiger partial charge in [0.1, 0.15) is 0 Å². The lowest BCUT2D eigenvalue weighted by molar-refractivity contribution is -0.136. The summed E-state index contributed by atoms with van der Waals surface area (Å²) < 4.78 is 2.16. The molecule has 0 saturated carbocycles. The highest BCUT2D eigenvalue weighted by Gasteiger charge is 2.13. The van der Waals surface area contributed by atoms with Gasteiger partial charge in [0.2, 0.25) is 0 Å². The molecule has 1 N–H and O–H groups in total. The van der Waals surface area contributed by atoms with E-state index >= 15 is 0 Å². The average molecular weight is 305 g/mol. The molecule has 1 aromatic heterocycles. The van der Waals surface area contributed by atoms with Crippen LogP contribution in [0.5, 0.6) is 0 Å². The fraction of sp³-hybridized carbons (Fsp3) is 0.150. The third-order valence-corrected chi connectivity index (χ3v) is 3.89. The predicted molar refractivity (Wildman–Crippen MR) is 91.9 cm³/mol. The smallest absolute Gasteiger partial charge is 0.303 e. The van der Waals surface area contributed by atoms with Gasteiger partial charge >= 0.3 is 5.97 Å². The van der Waals surface area contributed by atoms with E-state index in [2.05, 4.69) is 47.9 Å². The minimum absolute atomic E-state index is 0.129. The maximum Gasteiger partial charge on any atom is 0.303 e. The number of carboxylic acids is 1. The monoisotopic (exact) mass is 305 g/mol. The zero-order chi connectivity index (χ0) is 16.2. The molecule has 0 unspecified atom stereocenters. The van der Waals surface area contributed by atoms with E-state index in [-0.39, 0.29) is 6.42 Å². The normalized spacial score (nSPS) is 10.7. The standard InChI is InChI=1S/C20H19NO2/c1-15-6-5-9-18(14-15)21-17(11-13-20(22)23)10-12-19(21)16-7-3-2-4-8-16/h2-10,12,14H,11,13H2,1H3,(H,22,23). The van der Waals surface area contributed by atoms with Gasteiger partial charge in [-0.05, 0) is 48.7 Å². The zero-order valence-corrected chi connectivity index (χ0v) is 13.1. The molecular formula is C20H19NO2. The van der Waals surface area contributed by atoms with Crippen LogP contribution in [0.3, 0.4) is 0 Å². The van der Waals surface area contributed by atoms with Crippen LogP contribution in [0.25, 0.3) is 16.9 Å². The second-order valence-corrected chi connectivity index (χ2v) is 5.64. The lowest BCUT2D eigenvalue weighted by Gasteiger charge is -2.14. The Kier molecular flexibility index (Phi) is 4.29. The van der Waals surface area contributed by atoms with Crippen molar-refractivity contribution in [2.75, 3.05) is 0 Å². The quantitative estimate of drug-likeness (QED) is 0.755. The summed E-state index contributed by atoms with van der Waals surface area (Å²) in [6, 6.07) is 22.5. The van der Waals surface area contributed by atoms with Gasteiger partial charge in [-0.1, -0.05) is 42.5 Å². The first-order valence-electron chi connectivity index (χ1n) is 7.70. The van der Waals surface area contributed by atoms with Crippen LogP contribution in [0, 0.1) is 6.92 Å². The van der Waals surface area contributed by atoms with E-state index in [1.807, 2.05) is 30.3 Å². The number of carboxylic acid groups (broad SMARTS) is 1. The molecule has 0 bridgehead atoms. The number of rotatable bonds is 5. The Morgan fingerprint density at radius 1 is 1.00 bits per heavy atom. The molecule has 0 spiro atoms. The number of aryl methyl sites for hydroxylation is 2. The second kappa shape index (κ2) is 6.53. The van der Waals surface area contributed by atoms with E-state index in [1.165, 1.54) is 5.56 Å². The van der Waals surface area contributed by atoms with Crippen LogP contribution in [-0.4, -0.2) is 15.6 Å². The van der Waals surface area contributed by atoms with Crippen molar-refractivity contribution < 1.29 is 9.90 Å². The minimum atomic E-state index is -0.775. The number of benzene rings is 2. The lowest BCUT2D eigenvalue weighted by Crippen LogP contribution is -2.05. The molecule has 0 radical (unpaired) electrons. The Hall–Kier alpha value is -2.81. The van der Waals surface area contributed by atoms with Gasteiger partial charge in [0.15, 0.2) is 0 Å². The lowest BCUT2D eigenvalue weighted by atomic mass is 10.1. The Balaban J connectivity index is 2.12. The predicted octanol–water partition coefficient (Wildman–Crippen LogP) is 4.47. The van der Waals surface area contributed by atoms with E-state index in [0.717, 1.165) is 22.6 Å². The topological polar surface area (TPSA) is 42.2 Å². The highest BCUT2D eigenvalue weighted by atomic mass is 16.4. The molecule has 1 heterocycles. The maximum atomic E-state index is 10.9. The molecule has 0 aliphatic heterocycles. The van der Waals surface area contributed by atoms with Gasteiger partial charge in [-0.3, -0.25) is 4.79 Å². The molecule has 0 amide bonds. The third-order valence-electron chi connectivity index (χ3n) is 3.89. The van der Waals surface area contributed by atoms with Crippen molar-refractivity contribution in [1.29, 1.82) is 0 Å². The van der Waals surface area contributed by atoms with Crippen LogP contribution in [0.1, 0.15) is 17.7 Å². The summed E-state index contributed by atoms with van der Waals surface area (Å²) in [6.45, 7) is 2.06. The largest absolute Gasteiger partial charge is 0.481 e. The van der Waals surface area contributed by atoms with Gasteiger partial charge < -0.3 is 9.67 Å². The molecule has 0 saturated heterocycles. The zero-order valence-electron chi connectivity index (χ0n) is 13.1. The molecule has 2 aromatic carbocycles. The highest BCUT2D eigenvalue weighted by molar-refractivity contribution is 5.68. The van der Waals surface area contributed by atoms with Crippen molar-refractivity contribution in [3.05, 3.63) is 78.0 Å². The van der Waals surface area contributed by atoms with Crippen LogP contribution in [-0.2, 0) is 11.2 Å². The summed E-state index contributed by atoms with van der Waals surface area (Å²) in [5.74, 6) is -0.775. The van der Waals surface area contributed by atoms with Gasteiger partial charge in [-0.2, -0.15) is 0 Å². The van der Waals surface area contributed by atoms with Crippen LogP contribution in [0.15, 0.2) is 66.7 Å². The number of carbonyl (C=O) groups is 1. The second-order valence-electron chi connectivity index (χ2n) is 5.64. The first-order chi connectivity index (χ1) is 11.1. The molecule has 3 aromatic rings. The summed E-state index contributed by atoms with van der Waals surface area (Å²) in [7, 11) is 0. The van der Waals surface area contributed by atoms with E-state index in [9.17, 15) is 4.79 Å². The summed E-state index contributed by atoms with van der Waals surface area (Å²) in [5.41, 5.74) is 5.46. The average Bonchev–Trinajstić information content (AvgIpc) is 2.97. The van der Waals surface area contributed by atoms with E-state index in [0.29, 0.717) is 6.42 Å². The van der Waals surface area contributed by atoms with Crippen LogP contribution in [0.4, 0.5) is 0 Å². The fourth-order valence-corrected chi connectivity index (χ4v) is 2.82. The number of aromatic nitrogens is 1.